The Morgan fingerprint density at radius 3 is 2.48 bits per heavy atom. The van der Waals surface area contributed by atoms with Crippen molar-refractivity contribution >= 4 is 11.9 Å². The van der Waals surface area contributed by atoms with Crippen LogP contribution in [0.2, 0.25) is 0 Å². The molecule has 0 bridgehead atoms. The standard InChI is InChI=1S/C16H22N2O3/c1-12-9-18(13(2)19)15(8-16(20)21)11-17(12)10-14-6-4-3-5-7-14/h3-7,12,15H,8-11H2,1-2H3,(H,20,21)/t12-,15-/m0/s1. The number of rotatable bonds is 4. The van der Waals surface area contributed by atoms with Gasteiger partial charge in [-0.15, -0.1) is 0 Å². The summed E-state index contributed by atoms with van der Waals surface area (Å²) in [6.45, 7) is 5.55. The molecule has 1 aromatic rings. The number of nitrogens with zero attached hydrogens (tertiary/aromatic N) is 2. The predicted octanol–water partition coefficient (Wildman–Crippen LogP) is 1.58. The summed E-state index contributed by atoms with van der Waals surface area (Å²) in [5.41, 5.74) is 1.20. The van der Waals surface area contributed by atoms with E-state index in [1.54, 1.807) is 4.90 Å². The van der Waals surface area contributed by atoms with E-state index in [4.69, 9.17) is 5.11 Å². The van der Waals surface area contributed by atoms with Gasteiger partial charge in [0.2, 0.25) is 5.91 Å². The molecule has 1 saturated heterocycles. The number of aliphatic carboxylic acids is 1. The Morgan fingerprint density at radius 1 is 1.24 bits per heavy atom. The second-order valence-corrected chi connectivity index (χ2v) is 5.69. The SMILES string of the molecule is CC(=O)N1C[C@H](C)N(Cc2ccccc2)C[C@@H]1CC(=O)O. The van der Waals surface area contributed by atoms with Gasteiger partial charge in [-0.25, -0.2) is 0 Å². The quantitative estimate of drug-likeness (QED) is 0.914. The van der Waals surface area contributed by atoms with Gasteiger partial charge in [-0.3, -0.25) is 14.5 Å². The molecule has 1 fully saturated rings. The molecule has 2 rings (SSSR count). The van der Waals surface area contributed by atoms with Crippen molar-refractivity contribution in [2.24, 2.45) is 0 Å². The number of carbonyl (C=O) groups excluding carboxylic acids is 1. The Balaban J connectivity index is 2.09. The van der Waals surface area contributed by atoms with Crippen LogP contribution < -0.4 is 0 Å². The molecule has 1 heterocycles. The van der Waals surface area contributed by atoms with E-state index in [-0.39, 0.29) is 24.4 Å². The predicted molar refractivity (Wildman–Crippen MR) is 79.7 cm³/mol. The third-order valence-corrected chi connectivity index (χ3v) is 4.01. The average Bonchev–Trinajstić information content (AvgIpc) is 2.42. The number of amides is 1. The van der Waals surface area contributed by atoms with Gasteiger partial charge >= 0.3 is 5.97 Å². The Morgan fingerprint density at radius 2 is 1.90 bits per heavy atom. The summed E-state index contributed by atoms with van der Waals surface area (Å²) in [6, 6.07) is 10.1. The molecule has 0 radical (unpaired) electrons. The lowest BCUT2D eigenvalue weighted by Gasteiger charge is -2.44. The molecule has 21 heavy (non-hydrogen) atoms. The van der Waals surface area contributed by atoms with E-state index in [2.05, 4.69) is 24.0 Å². The van der Waals surface area contributed by atoms with E-state index in [0.717, 1.165) is 6.54 Å². The zero-order valence-electron chi connectivity index (χ0n) is 12.5. The van der Waals surface area contributed by atoms with Gasteiger partial charge in [0.1, 0.15) is 0 Å². The molecule has 0 saturated carbocycles. The Hall–Kier alpha value is -1.88. The molecular weight excluding hydrogens is 268 g/mol. The van der Waals surface area contributed by atoms with E-state index in [1.165, 1.54) is 12.5 Å². The summed E-state index contributed by atoms with van der Waals surface area (Å²) >= 11 is 0. The number of benzene rings is 1. The number of carboxylic acids is 1. The zero-order chi connectivity index (χ0) is 15.4. The molecule has 5 heteroatoms. The fraction of sp³-hybridized carbons (Fsp3) is 0.500. The first-order chi connectivity index (χ1) is 9.97. The van der Waals surface area contributed by atoms with Gasteiger partial charge in [0.15, 0.2) is 0 Å². The van der Waals surface area contributed by atoms with Gasteiger partial charge in [0, 0.05) is 32.6 Å². The minimum Gasteiger partial charge on any atom is -0.481 e. The van der Waals surface area contributed by atoms with Crippen molar-refractivity contribution in [3.63, 3.8) is 0 Å². The fourth-order valence-corrected chi connectivity index (χ4v) is 2.90. The molecule has 114 valence electrons. The molecule has 0 spiro atoms. The van der Waals surface area contributed by atoms with Crippen molar-refractivity contribution in [3.8, 4) is 0 Å². The zero-order valence-corrected chi connectivity index (χ0v) is 12.5. The summed E-state index contributed by atoms with van der Waals surface area (Å²) in [5.74, 6) is -0.909. The molecule has 0 aliphatic carbocycles. The van der Waals surface area contributed by atoms with E-state index in [1.807, 2.05) is 18.2 Å². The number of carbonyl (C=O) groups is 2. The van der Waals surface area contributed by atoms with Gasteiger partial charge in [-0.05, 0) is 12.5 Å². The number of hydrogen-bond acceptors (Lipinski definition) is 3. The van der Waals surface area contributed by atoms with E-state index in [9.17, 15) is 9.59 Å². The maximum absolute atomic E-state index is 11.7. The van der Waals surface area contributed by atoms with Gasteiger partial charge in [-0.2, -0.15) is 0 Å². The lowest BCUT2D eigenvalue weighted by molar-refractivity contribution is -0.143. The molecule has 5 nitrogen and oxygen atoms in total. The molecule has 2 atom stereocenters. The first kappa shape index (κ1) is 15.5. The highest BCUT2D eigenvalue weighted by Gasteiger charge is 2.34. The maximum atomic E-state index is 11.7. The Bertz CT molecular complexity index is 504. The number of carboxylic acid groups (broad SMARTS) is 1. The van der Waals surface area contributed by atoms with Gasteiger partial charge in [0.25, 0.3) is 0 Å². The number of hydrogen-bond donors (Lipinski definition) is 1. The number of piperazine rings is 1. The van der Waals surface area contributed by atoms with Crippen LogP contribution in [0, 0.1) is 0 Å². The molecule has 0 aromatic heterocycles. The van der Waals surface area contributed by atoms with Crippen molar-refractivity contribution in [1.29, 1.82) is 0 Å². The fourth-order valence-electron chi connectivity index (χ4n) is 2.90. The lowest BCUT2D eigenvalue weighted by atomic mass is 10.0. The molecule has 0 unspecified atom stereocenters. The second kappa shape index (κ2) is 6.72. The van der Waals surface area contributed by atoms with Gasteiger partial charge in [-0.1, -0.05) is 30.3 Å². The highest BCUT2D eigenvalue weighted by molar-refractivity contribution is 5.75. The van der Waals surface area contributed by atoms with Crippen LogP contribution in [-0.2, 0) is 16.1 Å². The van der Waals surface area contributed by atoms with Crippen LogP contribution in [0.25, 0.3) is 0 Å². The van der Waals surface area contributed by atoms with E-state index in [0.29, 0.717) is 13.1 Å². The Kier molecular flexibility index (Phi) is 4.96. The molecule has 1 aliphatic rings. The van der Waals surface area contributed by atoms with Crippen LogP contribution >= 0.6 is 0 Å². The minimum absolute atomic E-state index is 0.00239. The topological polar surface area (TPSA) is 60.9 Å². The van der Waals surface area contributed by atoms with Crippen molar-refractivity contribution < 1.29 is 14.7 Å². The Labute approximate surface area is 125 Å². The smallest absolute Gasteiger partial charge is 0.305 e. The van der Waals surface area contributed by atoms with Crippen LogP contribution in [-0.4, -0.2) is 52.0 Å². The first-order valence-electron chi connectivity index (χ1n) is 7.24. The normalized spacial score (nSPS) is 23.0. The average molecular weight is 290 g/mol. The first-order valence-corrected chi connectivity index (χ1v) is 7.24. The molecule has 1 aromatic carbocycles. The minimum atomic E-state index is -0.861. The van der Waals surface area contributed by atoms with Crippen molar-refractivity contribution in [1.82, 2.24) is 9.80 Å². The van der Waals surface area contributed by atoms with Crippen molar-refractivity contribution in [2.75, 3.05) is 13.1 Å². The van der Waals surface area contributed by atoms with E-state index >= 15 is 0 Å². The highest BCUT2D eigenvalue weighted by Crippen LogP contribution is 2.20. The molecule has 1 aliphatic heterocycles. The van der Waals surface area contributed by atoms with Crippen molar-refractivity contribution in [2.45, 2.75) is 38.9 Å². The van der Waals surface area contributed by atoms with Gasteiger partial charge in [0.05, 0.1) is 12.5 Å². The summed E-state index contributed by atoms with van der Waals surface area (Å²) in [7, 11) is 0. The van der Waals surface area contributed by atoms with Crippen LogP contribution in [0.15, 0.2) is 30.3 Å². The summed E-state index contributed by atoms with van der Waals surface area (Å²) in [5, 5.41) is 9.05. The van der Waals surface area contributed by atoms with Gasteiger partial charge < -0.3 is 10.0 Å². The monoisotopic (exact) mass is 290 g/mol. The highest BCUT2D eigenvalue weighted by atomic mass is 16.4. The third-order valence-electron chi connectivity index (χ3n) is 4.01. The lowest BCUT2D eigenvalue weighted by Crippen LogP contribution is -2.58. The maximum Gasteiger partial charge on any atom is 0.305 e. The van der Waals surface area contributed by atoms with Crippen LogP contribution in [0.5, 0.6) is 0 Å². The van der Waals surface area contributed by atoms with Crippen molar-refractivity contribution in [3.05, 3.63) is 35.9 Å². The van der Waals surface area contributed by atoms with Crippen LogP contribution in [0.4, 0.5) is 0 Å². The van der Waals surface area contributed by atoms with Crippen LogP contribution in [0.1, 0.15) is 25.8 Å². The van der Waals surface area contributed by atoms with E-state index < -0.39 is 5.97 Å². The third kappa shape index (κ3) is 4.04. The molecule has 1 N–H and O–H groups in total. The summed E-state index contributed by atoms with van der Waals surface area (Å²) in [6.07, 6.45) is -0.00239. The molecule has 1 amide bonds. The largest absolute Gasteiger partial charge is 0.481 e. The summed E-state index contributed by atoms with van der Waals surface area (Å²) < 4.78 is 0. The second-order valence-electron chi connectivity index (χ2n) is 5.69. The summed E-state index contributed by atoms with van der Waals surface area (Å²) in [4.78, 5) is 26.7. The molecular formula is C16H22N2O3. The van der Waals surface area contributed by atoms with Crippen LogP contribution in [0.3, 0.4) is 0 Å².